The minimum absolute atomic E-state index is 0.0259. The lowest BCUT2D eigenvalue weighted by molar-refractivity contribution is -0.121. The van der Waals surface area contributed by atoms with Gasteiger partial charge >= 0.3 is 0 Å². The summed E-state index contributed by atoms with van der Waals surface area (Å²) in [5.41, 5.74) is 0.802. The van der Waals surface area contributed by atoms with Crippen molar-refractivity contribution in [3.8, 4) is 0 Å². The number of nitrogens with one attached hydrogen (secondary N) is 2. The molecule has 1 atom stereocenters. The monoisotopic (exact) mass is 269 g/mol. The molecule has 0 aliphatic heterocycles. The molecule has 0 radical (unpaired) electrons. The Morgan fingerprint density at radius 3 is 2.67 bits per heavy atom. The van der Waals surface area contributed by atoms with Gasteiger partial charge in [-0.2, -0.15) is 0 Å². The van der Waals surface area contributed by atoms with E-state index in [-0.39, 0.29) is 17.5 Å². The number of hydrogen-bond acceptors (Lipinski definition) is 4. The maximum absolute atomic E-state index is 11.7. The van der Waals surface area contributed by atoms with Crippen LogP contribution in [0.25, 0.3) is 0 Å². The molecule has 0 saturated carbocycles. The fraction of sp³-hybridized carbons (Fsp3) is 0.692. The van der Waals surface area contributed by atoms with Gasteiger partial charge in [0, 0.05) is 17.1 Å². The average Bonchev–Trinajstić information content (AvgIpc) is 2.72. The SMILES string of the molecule is CC[C@@](C)(NCC(=O)NC(C)C)c1nc(C)cs1. The number of carbonyl (C=O) groups excluding carboxylic acids is 1. The highest BCUT2D eigenvalue weighted by molar-refractivity contribution is 7.09. The molecule has 5 heteroatoms. The summed E-state index contributed by atoms with van der Waals surface area (Å²) < 4.78 is 0. The zero-order valence-electron chi connectivity index (χ0n) is 11.8. The lowest BCUT2D eigenvalue weighted by atomic mass is 10.00. The zero-order valence-corrected chi connectivity index (χ0v) is 12.6. The maximum atomic E-state index is 11.7. The van der Waals surface area contributed by atoms with Crippen LogP contribution in [0.1, 0.15) is 44.8 Å². The molecule has 0 fully saturated rings. The smallest absolute Gasteiger partial charge is 0.234 e. The largest absolute Gasteiger partial charge is 0.353 e. The van der Waals surface area contributed by atoms with Crippen molar-refractivity contribution in [1.29, 1.82) is 0 Å². The molecule has 1 heterocycles. The van der Waals surface area contributed by atoms with Crippen LogP contribution in [0.4, 0.5) is 0 Å². The van der Waals surface area contributed by atoms with Gasteiger partial charge in [0.15, 0.2) is 0 Å². The number of carbonyl (C=O) groups is 1. The van der Waals surface area contributed by atoms with Crippen molar-refractivity contribution in [1.82, 2.24) is 15.6 Å². The standard InChI is InChI=1S/C13H23N3OS/c1-6-13(5,12-16-10(4)8-18-12)14-7-11(17)15-9(2)3/h8-9,14H,6-7H2,1-5H3,(H,15,17)/t13-/m1/s1. The van der Waals surface area contributed by atoms with Gasteiger partial charge in [0.2, 0.25) is 5.91 Å². The van der Waals surface area contributed by atoms with Crippen LogP contribution in [0, 0.1) is 6.92 Å². The number of thiazole rings is 1. The van der Waals surface area contributed by atoms with Crippen LogP contribution in [-0.2, 0) is 10.3 Å². The van der Waals surface area contributed by atoms with Gasteiger partial charge in [-0.15, -0.1) is 11.3 Å². The molecule has 0 aromatic carbocycles. The normalized spacial score (nSPS) is 14.6. The Kier molecular flexibility index (Phi) is 5.28. The van der Waals surface area contributed by atoms with E-state index in [2.05, 4.69) is 29.5 Å². The number of amides is 1. The van der Waals surface area contributed by atoms with Crippen LogP contribution in [0.2, 0.25) is 0 Å². The first kappa shape index (κ1) is 15.1. The van der Waals surface area contributed by atoms with Crippen LogP contribution >= 0.6 is 11.3 Å². The molecule has 1 aromatic rings. The Morgan fingerprint density at radius 1 is 1.56 bits per heavy atom. The van der Waals surface area contributed by atoms with Crippen LogP contribution < -0.4 is 10.6 Å². The third-order valence-corrected chi connectivity index (χ3v) is 4.11. The Labute approximate surface area is 113 Å². The van der Waals surface area contributed by atoms with Crippen LogP contribution in [0.3, 0.4) is 0 Å². The van der Waals surface area contributed by atoms with E-state index < -0.39 is 0 Å². The third kappa shape index (κ3) is 4.07. The van der Waals surface area contributed by atoms with Crippen molar-refractivity contribution >= 4 is 17.2 Å². The molecule has 0 spiro atoms. The van der Waals surface area contributed by atoms with E-state index in [0.29, 0.717) is 6.54 Å². The third-order valence-electron chi connectivity index (χ3n) is 2.89. The van der Waals surface area contributed by atoms with Gasteiger partial charge in [-0.3, -0.25) is 10.1 Å². The molecular weight excluding hydrogens is 246 g/mol. The second kappa shape index (κ2) is 6.29. The highest BCUT2D eigenvalue weighted by atomic mass is 32.1. The number of aromatic nitrogens is 1. The van der Waals surface area contributed by atoms with E-state index >= 15 is 0 Å². The molecule has 2 N–H and O–H groups in total. The van der Waals surface area contributed by atoms with Crippen molar-refractivity contribution in [2.75, 3.05) is 6.54 Å². The summed E-state index contributed by atoms with van der Waals surface area (Å²) in [4.78, 5) is 16.2. The number of nitrogens with zero attached hydrogens (tertiary/aromatic N) is 1. The van der Waals surface area contributed by atoms with E-state index in [0.717, 1.165) is 17.1 Å². The van der Waals surface area contributed by atoms with Gasteiger partial charge in [-0.05, 0) is 34.1 Å². The first-order chi connectivity index (χ1) is 8.37. The lowest BCUT2D eigenvalue weighted by Crippen LogP contribution is -2.46. The molecular formula is C13H23N3OS. The molecule has 102 valence electrons. The Balaban J connectivity index is 2.63. The molecule has 0 saturated heterocycles. The summed E-state index contributed by atoms with van der Waals surface area (Å²) in [6.45, 7) is 10.4. The average molecular weight is 269 g/mol. The van der Waals surface area contributed by atoms with Gasteiger partial charge < -0.3 is 5.32 Å². The van der Waals surface area contributed by atoms with E-state index in [1.54, 1.807) is 11.3 Å². The number of hydrogen-bond donors (Lipinski definition) is 2. The fourth-order valence-electron chi connectivity index (χ4n) is 1.61. The van der Waals surface area contributed by atoms with Crippen molar-refractivity contribution in [3.05, 3.63) is 16.1 Å². The summed E-state index contributed by atoms with van der Waals surface area (Å²) >= 11 is 1.64. The molecule has 1 aromatic heterocycles. The maximum Gasteiger partial charge on any atom is 0.234 e. The quantitative estimate of drug-likeness (QED) is 0.832. The van der Waals surface area contributed by atoms with Gasteiger partial charge in [0.25, 0.3) is 0 Å². The van der Waals surface area contributed by atoms with Gasteiger partial charge in [0.1, 0.15) is 5.01 Å². The summed E-state index contributed by atoms with van der Waals surface area (Å²) in [7, 11) is 0. The van der Waals surface area contributed by atoms with Crippen LogP contribution in [0.15, 0.2) is 5.38 Å². The van der Waals surface area contributed by atoms with Crippen molar-refractivity contribution < 1.29 is 4.79 Å². The summed E-state index contributed by atoms with van der Waals surface area (Å²) in [6.07, 6.45) is 0.898. The molecule has 4 nitrogen and oxygen atoms in total. The zero-order chi connectivity index (χ0) is 13.8. The fourth-order valence-corrected chi connectivity index (χ4v) is 2.62. The Morgan fingerprint density at radius 2 is 2.22 bits per heavy atom. The van der Waals surface area contributed by atoms with Gasteiger partial charge in [0.05, 0.1) is 12.1 Å². The first-order valence-electron chi connectivity index (χ1n) is 6.34. The lowest BCUT2D eigenvalue weighted by Gasteiger charge is -2.27. The van der Waals surface area contributed by atoms with Gasteiger partial charge in [-0.1, -0.05) is 6.92 Å². The Hall–Kier alpha value is -0.940. The second-order valence-corrected chi connectivity index (χ2v) is 5.91. The van der Waals surface area contributed by atoms with Crippen LogP contribution in [0.5, 0.6) is 0 Å². The molecule has 0 aliphatic rings. The number of rotatable bonds is 6. The Bertz CT molecular complexity index is 403. The molecule has 1 rings (SSSR count). The first-order valence-corrected chi connectivity index (χ1v) is 7.22. The molecule has 1 amide bonds. The topological polar surface area (TPSA) is 54.0 Å². The minimum Gasteiger partial charge on any atom is -0.353 e. The van der Waals surface area contributed by atoms with Crippen molar-refractivity contribution in [3.63, 3.8) is 0 Å². The predicted octanol–water partition coefficient (Wildman–Crippen LogP) is 2.19. The predicted molar refractivity (Wildman–Crippen MR) is 75.8 cm³/mol. The van der Waals surface area contributed by atoms with Gasteiger partial charge in [-0.25, -0.2) is 4.98 Å². The summed E-state index contributed by atoms with van der Waals surface area (Å²) in [5, 5.41) is 9.28. The molecule has 0 unspecified atom stereocenters. The van der Waals surface area contributed by atoms with E-state index in [4.69, 9.17) is 0 Å². The highest BCUT2D eigenvalue weighted by Gasteiger charge is 2.27. The van der Waals surface area contributed by atoms with E-state index in [1.165, 1.54) is 0 Å². The summed E-state index contributed by atoms with van der Waals surface area (Å²) in [5.74, 6) is 0.0259. The van der Waals surface area contributed by atoms with Crippen molar-refractivity contribution in [2.45, 2.75) is 52.6 Å². The molecule has 0 bridgehead atoms. The highest BCUT2D eigenvalue weighted by Crippen LogP contribution is 2.27. The van der Waals surface area contributed by atoms with E-state index in [1.807, 2.05) is 26.2 Å². The van der Waals surface area contributed by atoms with Crippen LogP contribution in [-0.4, -0.2) is 23.5 Å². The van der Waals surface area contributed by atoms with Crippen molar-refractivity contribution in [2.24, 2.45) is 0 Å². The summed E-state index contributed by atoms with van der Waals surface area (Å²) in [6, 6.07) is 0.175. The molecule has 18 heavy (non-hydrogen) atoms. The minimum atomic E-state index is -0.229. The molecule has 0 aliphatic carbocycles. The van der Waals surface area contributed by atoms with E-state index in [9.17, 15) is 4.79 Å². The number of aryl methyl sites for hydroxylation is 1. The second-order valence-electron chi connectivity index (χ2n) is 5.06.